The molecule has 6 nitrogen and oxygen atoms in total. The number of carbonyl (C=O) groups excluding carboxylic acids is 2. The molecular formula is C16H24N4O2. The monoisotopic (exact) mass is 304 g/mol. The molecular weight excluding hydrogens is 280 g/mol. The molecule has 0 aliphatic heterocycles. The molecule has 0 aromatic carbocycles. The van der Waals surface area contributed by atoms with E-state index in [1.54, 1.807) is 18.5 Å². The topological polar surface area (TPSA) is 83.1 Å². The van der Waals surface area contributed by atoms with Gasteiger partial charge in [0.15, 0.2) is 0 Å². The number of hydrogen-bond donors (Lipinski definition) is 3. The molecule has 1 aromatic heterocycles. The Balaban J connectivity index is 2.05. The number of pyridine rings is 1. The number of nitrogens with zero attached hydrogens (tertiary/aromatic N) is 1. The number of hydrogen-bond acceptors (Lipinski definition) is 4. The summed E-state index contributed by atoms with van der Waals surface area (Å²) < 4.78 is 0. The molecule has 0 saturated heterocycles. The molecule has 0 bridgehead atoms. The van der Waals surface area contributed by atoms with Crippen LogP contribution in [-0.2, 0) is 9.59 Å². The first-order valence-electron chi connectivity index (χ1n) is 7.60. The predicted molar refractivity (Wildman–Crippen MR) is 86.6 cm³/mol. The molecule has 0 saturated carbocycles. The van der Waals surface area contributed by atoms with Gasteiger partial charge in [-0.3, -0.25) is 20.0 Å². The van der Waals surface area contributed by atoms with E-state index in [-0.39, 0.29) is 11.8 Å². The molecule has 3 N–H and O–H groups in total. The molecule has 120 valence electrons. The molecule has 0 fully saturated rings. The van der Waals surface area contributed by atoms with Gasteiger partial charge >= 0.3 is 0 Å². The fourth-order valence-electron chi connectivity index (χ4n) is 1.68. The Labute approximate surface area is 131 Å². The minimum absolute atomic E-state index is 0.0174. The van der Waals surface area contributed by atoms with E-state index in [2.05, 4.69) is 21.2 Å². The maximum Gasteiger partial charge on any atom is 0.243 e. The van der Waals surface area contributed by atoms with Crippen molar-refractivity contribution in [3.8, 4) is 0 Å². The smallest absolute Gasteiger partial charge is 0.243 e. The number of unbranched alkanes of at least 4 members (excludes halogenated alkanes) is 1. The zero-order chi connectivity index (χ0) is 16.0. The van der Waals surface area contributed by atoms with Crippen LogP contribution < -0.4 is 16.2 Å². The standard InChI is InChI=1S/C16H24N4O2/c1-2-10-19-20-16(22)7-3-4-12-18-15(21)9-8-14-6-5-11-17-13-14/h5-6,8-9,11,13,19H,2-4,7,10,12H2,1H3,(H,18,21)(H,20,22). The summed E-state index contributed by atoms with van der Waals surface area (Å²) in [5.41, 5.74) is 6.35. The number of amides is 2. The zero-order valence-electron chi connectivity index (χ0n) is 13.0. The van der Waals surface area contributed by atoms with E-state index in [4.69, 9.17) is 0 Å². The average molecular weight is 304 g/mol. The Morgan fingerprint density at radius 3 is 2.86 bits per heavy atom. The summed E-state index contributed by atoms with van der Waals surface area (Å²) in [5, 5.41) is 2.79. The summed E-state index contributed by atoms with van der Waals surface area (Å²) in [7, 11) is 0. The Morgan fingerprint density at radius 2 is 2.14 bits per heavy atom. The highest BCUT2D eigenvalue weighted by atomic mass is 16.2. The molecule has 22 heavy (non-hydrogen) atoms. The van der Waals surface area contributed by atoms with Gasteiger partial charge in [-0.1, -0.05) is 13.0 Å². The van der Waals surface area contributed by atoms with Crippen LogP contribution in [0.2, 0.25) is 0 Å². The summed E-state index contributed by atoms with van der Waals surface area (Å²) in [4.78, 5) is 26.9. The van der Waals surface area contributed by atoms with Crippen LogP contribution >= 0.6 is 0 Å². The fraction of sp³-hybridized carbons (Fsp3) is 0.438. The summed E-state index contributed by atoms with van der Waals surface area (Å²) in [5.74, 6) is -0.158. The van der Waals surface area contributed by atoms with Gasteiger partial charge in [-0.15, -0.1) is 0 Å². The fourth-order valence-corrected chi connectivity index (χ4v) is 1.68. The second-order valence-electron chi connectivity index (χ2n) is 4.84. The SMILES string of the molecule is CCCNNC(=O)CCCCNC(=O)C=Cc1cccnc1. The molecule has 0 aliphatic carbocycles. The van der Waals surface area contributed by atoms with Crippen molar-refractivity contribution in [2.75, 3.05) is 13.1 Å². The molecule has 0 aliphatic rings. The molecule has 1 aromatic rings. The van der Waals surface area contributed by atoms with E-state index in [0.717, 1.165) is 31.4 Å². The summed E-state index contributed by atoms with van der Waals surface area (Å²) in [6.07, 6.45) is 9.52. The Kier molecular flexibility index (Phi) is 9.28. The normalized spacial score (nSPS) is 10.6. The Bertz CT molecular complexity index is 474. The number of hydrazine groups is 1. The lowest BCUT2D eigenvalue weighted by Crippen LogP contribution is -2.37. The number of rotatable bonds is 10. The van der Waals surface area contributed by atoms with Crippen molar-refractivity contribution >= 4 is 17.9 Å². The van der Waals surface area contributed by atoms with E-state index >= 15 is 0 Å². The van der Waals surface area contributed by atoms with Crippen LogP contribution in [0.3, 0.4) is 0 Å². The summed E-state index contributed by atoms with van der Waals surface area (Å²) >= 11 is 0. The highest BCUT2D eigenvalue weighted by Gasteiger charge is 2.00. The Hall–Kier alpha value is -2.21. The van der Waals surface area contributed by atoms with Crippen molar-refractivity contribution in [3.63, 3.8) is 0 Å². The molecule has 2 amide bonds. The number of carbonyl (C=O) groups is 2. The lowest BCUT2D eigenvalue weighted by atomic mass is 10.2. The average Bonchev–Trinajstić information content (AvgIpc) is 2.54. The lowest BCUT2D eigenvalue weighted by molar-refractivity contribution is -0.122. The van der Waals surface area contributed by atoms with Crippen molar-refractivity contribution in [2.45, 2.75) is 32.6 Å². The second kappa shape index (κ2) is 11.4. The molecule has 6 heteroatoms. The second-order valence-corrected chi connectivity index (χ2v) is 4.84. The van der Waals surface area contributed by atoms with Crippen LogP contribution in [0.25, 0.3) is 6.08 Å². The van der Waals surface area contributed by atoms with Crippen LogP contribution in [0, 0.1) is 0 Å². The number of nitrogens with one attached hydrogen (secondary N) is 3. The van der Waals surface area contributed by atoms with E-state index in [1.165, 1.54) is 6.08 Å². The predicted octanol–water partition coefficient (Wildman–Crippen LogP) is 1.41. The first-order chi connectivity index (χ1) is 10.7. The first kappa shape index (κ1) is 17.8. The van der Waals surface area contributed by atoms with Crippen molar-refractivity contribution in [1.82, 2.24) is 21.2 Å². The van der Waals surface area contributed by atoms with Crippen LogP contribution in [-0.4, -0.2) is 29.9 Å². The van der Waals surface area contributed by atoms with E-state index in [9.17, 15) is 9.59 Å². The van der Waals surface area contributed by atoms with Gasteiger partial charge in [0.25, 0.3) is 0 Å². The largest absolute Gasteiger partial charge is 0.353 e. The van der Waals surface area contributed by atoms with Crippen LogP contribution in [0.15, 0.2) is 30.6 Å². The van der Waals surface area contributed by atoms with Gasteiger partial charge in [-0.25, -0.2) is 5.43 Å². The minimum atomic E-state index is -0.141. The number of aromatic nitrogens is 1. The highest BCUT2D eigenvalue weighted by Crippen LogP contribution is 1.98. The third kappa shape index (κ3) is 8.86. The van der Waals surface area contributed by atoms with Gasteiger partial charge in [0.2, 0.25) is 11.8 Å². The highest BCUT2D eigenvalue weighted by molar-refractivity contribution is 5.91. The zero-order valence-corrected chi connectivity index (χ0v) is 13.0. The van der Waals surface area contributed by atoms with Crippen LogP contribution in [0.5, 0.6) is 0 Å². The van der Waals surface area contributed by atoms with E-state index in [1.807, 2.05) is 19.1 Å². The van der Waals surface area contributed by atoms with Gasteiger partial charge in [0.05, 0.1) is 0 Å². The summed E-state index contributed by atoms with van der Waals surface area (Å²) in [6, 6.07) is 3.69. The molecule has 0 spiro atoms. The van der Waals surface area contributed by atoms with Gasteiger partial charge in [-0.05, 0) is 37.0 Å². The van der Waals surface area contributed by atoms with E-state index in [0.29, 0.717) is 13.0 Å². The van der Waals surface area contributed by atoms with Gasteiger partial charge < -0.3 is 5.32 Å². The van der Waals surface area contributed by atoms with Gasteiger partial charge in [0.1, 0.15) is 0 Å². The van der Waals surface area contributed by atoms with Crippen molar-refractivity contribution in [3.05, 3.63) is 36.2 Å². The third-order valence-corrected chi connectivity index (χ3v) is 2.84. The Morgan fingerprint density at radius 1 is 1.27 bits per heavy atom. The molecule has 1 rings (SSSR count). The van der Waals surface area contributed by atoms with Gasteiger partial charge in [-0.2, -0.15) is 0 Å². The molecule has 0 radical (unpaired) electrons. The maximum absolute atomic E-state index is 11.6. The van der Waals surface area contributed by atoms with Crippen molar-refractivity contribution < 1.29 is 9.59 Å². The summed E-state index contributed by atoms with van der Waals surface area (Å²) in [6.45, 7) is 3.36. The molecule has 1 heterocycles. The van der Waals surface area contributed by atoms with Crippen molar-refractivity contribution in [1.29, 1.82) is 0 Å². The molecule has 0 atom stereocenters. The van der Waals surface area contributed by atoms with Crippen LogP contribution in [0.1, 0.15) is 38.2 Å². The molecule has 0 unspecified atom stereocenters. The quantitative estimate of drug-likeness (QED) is 0.347. The lowest BCUT2D eigenvalue weighted by Gasteiger charge is -2.06. The van der Waals surface area contributed by atoms with Crippen LogP contribution in [0.4, 0.5) is 0 Å². The first-order valence-corrected chi connectivity index (χ1v) is 7.60. The minimum Gasteiger partial charge on any atom is -0.353 e. The van der Waals surface area contributed by atoms with E-state index < -0.39 is 0 Å². The van der Waals surface area contributed by atoms with Crippen molar-refractivity contribution in [2.24, 2.45) is 0 Å². The van der Waals surface area contributed by atoms with Gasteiger partial charge in [0, 0.05) is 38.0 Å². The maximum atomic E-state index is 11.6. The third-order valence-electron chi connectivity index (χ3n) is 2.84.